The van der Waals surface area contributed by atoms with E-state index < -0.39 is 16.8 Å². The smallest absolute Gasteiger partial charge is 0.308 e. The van der Waals surface area contributed by atoms with E-state index in [2.05, 4.69) is 5.10 Å². The topological polar surface area (TPSA) is 139 Å². The Morgan fingerprint density at radius 3 is 2.81 bits per heavy atom. The van der Waals surface area contributed by atoms with E-state index in [0.717, 1.165) is 6.20 Å². The van der Waals surface area contributed by atoms with Crippen LogP contribution in [0.3, 0.4) is 0 Å². The molecule has 0 radical (unpaired) electrons. The normalized spacial score (nSPS) is 17.0. The van der Waals surface area contributed by atoms with Crippen molar-refractivity contribution < 1.29 is 24.4 Å². The van der Waals surface area contributed by atoms with Gasteiger partial charge in [0.15, 0.2) is 0 Å². The van der Waals surface area contributed by atoms with E-state index in [0.29, 0.717) is 19.4 Å². The molecule has 11 nitrogen and oxygen atoms in total. The summed E-state index contributed by atoms with van der Waals surface area (Å²) in [6, 6.07) is 0. The number of carbonyl (C=O) groups is 3. The zero-order chi connectivity index (χ0) is 19.3. The molecule has 0 aromatic carbocycles. The van der Waals surface area contributed by atoms with Gasteiger partial charge in [-0.3, -0.25) is 29.2 Å². The van der Waals surface area contributed by atoms with E-state index in [1.165, 1.54) is 27.7 Å². The second kappa shape index (κ2) is 8.41. The minimum atomic E-state index is -0.916. The molecule has 0 bridgehead atoms. The molecule has 142 valence electrons. The Morgan fingerprint density at radius 1 is 1.46 bits per heavy atom. The summed E-state index contributed by atoms with van der Waals surface area (Å²) in [7, 11) is 1.49. The van der Waals surface area contributed by atoms with Crippen molar-refractivity contribution in [1.29, 1.82) is 0 Å². The molecule has 2 amide bonds. The number of aryl methyl sites for hydroxylation is 1. The van der Waals surface area contributed by atoms with Gasteiger partial charge >= 0.3 is 11.7 Å². The number of hydrogen-bond donors (Lipinski definition) is 1. The van der Waals surface area contributed by atoms with Crippen LogP contribution in [0.2, 0.25) is 0 Å². The molecule has 26 heavy (non-hydrogen) atoms. The lowest BCUT2D eigenvalue weighted by Gasteiger charge is -2.32. The maximum atomic E-state index is 12.3. The summed E-state index contributed by atoms with van der Waals surface area (Å²) in [5.74, 6) is -2.07. The number of nitrogens with zero attached hydrogens (tertiary/aromatic N) is 5. The van der Waals surface area contributed by atoms with Crippen LogP contribution in [-0.2, 0) is 20.9 Å². The monoisotopic (exact) mass is 367 g/mol. The van der Waals surface area contributed by atoms with Gasteiger partial charge in [-0.2, -0.15) is 5.10 Å². The molecule has 1 unspecified atom stereocenters. The zero-order valence-corrected chi connectivity index (χ0v) is 14.4. The fourth-order valence-electron chi connectivity index (χ4n) is 2.77. The van der Waals surface area contributed by atoms with Gasteiger partial charge in [-0.25, -0.2) is 0 Å². The van der Waals surface area contributed by atoms with E-state index in [1.54, 1.807) is 0 Å². The number of carboxylic acid groups (broad SMARTS) is 1. The lowest BCUT2D eigenvalue weighted by molar-refractivity contribution is -0.385. The molecule has 1 N–H and O–H groups in total. The number of likely N-dealkylation sites (N-methyl/N-ethyl adjacent to an activating group) is 1. The van der Waals surface area contributed by atoms with Crippen molar-refractivity contribution >= 4 is 23.5 Å². The Morgan fingerprint density at radius 2 is 2.19 bits per heavy atom. The Balaban J connectivity index is 1.81. The van der Waals surface area contributed by atoms with E-state index in [4.69, 9.17) is 5.11 Å². The molecule has 0 spiro atoms. The van der Waals surface area contributed by atoms with Crippen molar-refractivity contribution in [3.05, 3.63) is 22.5 Å². The van der Waals surface area contributed by atoms with Crippen molar-refractivity contribution in [3.8, 4) is 0 Å². The highest BCUT2D eigenvalue weighted by Crippen LogP contribution is 2.17. The number of piperidine rings is 1. The summed E-state index contributed by atoms with van der Waals surface area (Å²) in [5.41, 5.74) is -0.154. The number of carbonyl (C=O) groups excluding carboxylic acids is 2. The average molecular weight is 367 g/mol. The first-order chi connectivity index (χ1) is 12.3. The molecule has 1 aliphatic heterocycles. The number of aliphatic carboxylic acids is 1. The summed E-state index contributed by atoms with van der Waals surface area (Å²) in [6.45, 7) is 0.676. The van der Waals surface area contributed by atoms with Gasteiger partial charge < -0.3 is 14.9 Å². The highest BCUT2D eigenvalue weighted by atomic mass is 16.6. The first-order valence-electron chi connectivity index (χ1n) is 8.19. The summed E-state index contributed by atoms with van der Waals surface area (Å²) in [4.78, 5) is 48.2. The van der Waals surface area contributed by atoms with E-state index in [1.807, 2.05) is 0 Å². The van der Waals surface area contributed by atoms with E-state index in [-0.39, 0.29) is 43.6 Å². The van der Waals surface area contributed by atoms with Gasteiger partial charge in [-0.05, 0) is 12.8 Å². The number of likely N-dealkylation sites (tertiary alicyclic amines) is 1. The Labute approximate surface area is 149 Å². The van der Waals surface area contributed by atoms with Crippen LogP contribution in [0.4, 0.5) is 5.69 Å². The number of carboxylic acids is 1. The van der Waals surface area contributed by atoms with Crippen LogP contribution in [0.5, 0.6) is 0 Å². The maximum absolute atomic E-state index is 12.3. The van der Waals surface area contributed by atoms with Crippen molar-refractivity contribution in [2.75, 3.05) is 26.7 Å². The molecule has 1 saturated heterocycles. The van der Waals surface area contributed by atoms with Crippen molar-refractivity contribution in [2.24, 2.45) is 5.92 Å². The molecule has 1 aliphatic rings. The Hall–Kier alpha value is -2.98. The quantitative estimate of drug-likeness (QED) is 0.527. The van der Waals surface area contributed by atoms with Crippen molar-refractivity contribution in [2.45, 2.75) is 25.8 Å². The zero-order valence-electron chi connectivity index (χ0n) is 14.4. The summed E-state index contributed by atoms with van der Waals surface area (Å²) in [6.07, 6.45) is 3.55. The molecular formula is C15H21N5O6. The van der Waals surface area contributed by atoms with Crippen LogP contribution in [0.15, 0.2) is 12.4 Å². The van der Waals surface area contributed by atoms with Crippen molar-refractivity contribution in [3.63, 3.8) is 0 Å². The molecule has 1 fully saturated rings. The van der Waals surface area contributed by atoms with Gasteiger partial charge in [0.2, 0.25) is 11.8 Å². The lowest BCUT2D eigenvalue weighted by atomic mass is 9.98. The highest BCUT2D eigenvalue weighted by Gasteiger charge is 2.28. The number of hydrogen-bond acceptors (Lipinski definition) is 6. The fourth-order valence-corrected chi connectivity index (χ4v) is 2.77. The maximum Gasteiger partial charge on any atom is 0.308 e. The Kier molecular flexibility index (Phi) is 6.26. The number of nitro groups is 1. The van der Waals surface area contributed by atoms with Crippen LogP contribution in [-0.4, -0.2) is 74.1 Å². The van der Waals surface area contributed by atoms with Crippen LogP contribution in [0.25, 0.3) is 0 Å². The van der Waals surface area contributed by atoms with Crippen LogP contribution >= 0.6 is 0 Å². The fraction of sp³-hybridized carbons (Fsp3) is 0.600. The molecular weight excluding hydrogens is 346 g/mol. The first-order valence-corrected chi connectivity index (χ1v) is 8.19. The Bertz CT molecular complexity index is 702. The molecule has 1 aromatic rings. The summed E-state index contributed by atoms with van der Waals surface area (Å²) < 4.78 is 1.30. The standard InChI is InChI=1S/C15H21N5O6/c1-17(10-14(22)18-5-2-3-11(8-18)15(23)24)13(21)4-6-19-9-12(7-16-19)20(25)26/h7,9,11H,2-6,8,10H2,1H3,(H,23,24). The summed E-state index contributed by atoms with van der Waals surface area (Å²) >= 11 is 0. The third-order valence-corrected chi connectivity index (χ3v) is 4.31. The predicted octanol–water partition coefficient (Wildman–Crippen LogP) is -0.0370. The first kappa shape index (κ1) is 19.3. The van der Waals surface area contributed by atoms with Crippen LogP contribution in [0.1, 0.15) is 19.3 Å². The average Bonchev–Trinajstić information content (AvgIpc) is 3.09. The van der Waals surface area contributed by atoms with Gasteiger partial charge in [0.05, 0.1) is 17.4 Å². The van der Waals surface area contributed by atoms with Crippen LogP contribution < -0.4 is 0 Å². The number of amides is 2. The largest absolute Gasteiger partial charge is 0.481 e. The lowest BCUT2D eigenvalue weighted by Crippen LogP contribution is -2.47. The van der Waals surface area contributed by atoms with E-state index >= 15 is 0 Å². The summed E-state index contributed by atoms with van der Waals surface area (Å²) in [5, 5.41) is 23.5. The molecule has 11 heteroatoms. The van der Waals surface area contributed by atoms with Gasteiger partial charge in [-0.1, -0.05) is 0 Å². The molecule has 0 saturated carbocycles. The molecule has 2 heterocycles. The minimum Gasteiger partial charge on any atom is -0.481 e. The molecule has 2 rings (SSSR count). The van der Waals surface area contributed by atoms with Gasteiger partial charge in [0, 0.05) is 33.1 Å². The van der Waals surface area contributed by atoms with Crippen LogP contribution in [0, 0.1) is 16.0 Å². The molecule has 1 aromatic heterocycles. The third kappa shape index (κ3) is 5.01. The third-order valence-electron chi connectivity index (χ3n) is 4.31. The second-order valence-corrected chi connectivity index (χ2v) is 6.24. The number of rotatable bonds is 7. The predicted molar refractivity (Wildman–Crippen MR) is 88.1 cm³/mol. The molecule has 0 aliphatic carbocycles. The van der Waals surface area contributed by atoms with E-state index in [9.17, 15) is 24.5 Å². The van der Waals surface area contributed by atoms with Crippen molar-refractivity contribution in [1.82, 2.24) is 19.6 Å². The number of aromatic nitrogens is 2. The second-order valence-electron chi connectivity index (χ2n) is 6.24. The molecule has 1 atom stereocenters. The van der Waals surface area contributed by atoms with Gasteiger partial charge in [0.1, 0.15) is 12.4 Å². The highest BCUT2D eigenvalue weighted by molar-refractivity contribution is 5.85. The van der Waals surface area contributed by atoms with Gasteiger partial charge in [0.25, 0.3) is 0 Å². The SMILES string of the molecule is CN(CC(=O)N1CCCC(C(=O)O)C1)C(=O)CCn1cc([N+](=O)[O-])cn1. The van der Waals surface area contributed by atoms with Gasteiger partial charge in [-0.15, -0.1) is 0 Å². The minimum absolute atomic E-state index is 0.0420.